The van der Waals surface area contributed by atoms with Crippen molar-refractivity contribution in [2.45, 2.75) is 0 Å². The predicted molar refractivity (Wildman–Crippen MR) is 440 cm³/mol. The third-order valence-corrected chi connectivity index (χ3v) is 17.5. The van der Waals surface area contributed by atoms with Crippen LogP contribution in [0, 0.1) is 40.5 Å². The lowest BCUT2D eigenvalue weighted by molar-refractivity contribution is -0.385. The van der Waals surface area contributed by atoms with Crippen LogP contribution in [0.5, 0.6) is 11.5 Å². The zero-order chi connectivity index (χ0) is 76.9. The summed E-state index contributed by atoms with van der Waals surface area (Å²) in [5, 5.41) is 47.5. The number of nitro benzene ring substituents is 4. The Hall–Kier alpha value is -14.4. The maximum atomic E-state index is 10.9. The summed E-state index contributed by atoms with van der Waals surface area (Å²) in [4.78, 5) is 53.5. The molecular formula is C88H82N10O10. The van der Waals surface area contributed by atoms with E-state index < -0.39 is 4.92 Å². The molecule has 0 radical (unpaired) electrons. The summed E-state index contributed by atoms with van der Waals surface area (Å²) in [5.41, 5.74) is 12.6. The van der Waals surface area contributed by atoms with Gasteiger partial charge in [0.2, 0.25) is 0 Å². The van der Waals surface area contributed by atoms with E-state index in [4.69, 9.17) is 9.47 Å². The molecule has 0 amide bonds. The van der Waals surface area contributed by atoms with Gasteiger partial charge in [-0.2, -0.15) is 0 Å². The number of nitrogens with zero attached hydrogens (tertiary/aromatic N) is 10. The van der Waals surface area contributed by atoms with E-state index in [1.54, 1.807) is 62.8 Å². The minimum absolute atomic E-state index is 0.0968. The van der Waals surface area contributed by atoms with Gasteiger partial charge in [0.05, 0.1) is 33.9 Å². The lowest BCUT2D eigenvalue weighted by Gasteiger charge is -2.21. The van der Waals surface area contributed by atoms with Crippen molar-refractivity contribution in [2.75, 3.05) is 85.9 Å². The highest BCUT2D eigenvalue weighted by Crippen LogP contribution is 2.36. The summed E-state index contributed by atoms with van der Waals surface area (Å²) in [7, 11) is 15.1. The number of para-hydroxylation sites is 4. The molecule has 20 heteroatoms. The van der Waals surface area contributed by atoms with E-state index >= 15 is 0 Å². The molecule has 0 aliphatic carbocycles. The fourth-order valence-corrected chi connectivity index (χ4v) is 11.3. The molecule has 0 saturated carbocycles. The van der Waals surface area contributed by atoms with Crippen molar-refractivity contribution in [3.63, 3.8) is 0 Å². The quantitative estimate of drug-likeness (QED) is 0.0577. The molecule has 544 valence electrons. The van der Waals surface area contributed by atoms with E-state index in [-0.39, 0.29) is 37.5 Å². The van der Waals surface area contributed by atoms with E-state index in [0.29, 0.717) is 0 Å². The van der Waals surface area contributed by atoms with Crippen LogP contribution in [0.15, 0.2) is 352 Å². The molecule has 0 heterocycles. The Morgan fingerprint density at radius 3 is 0.824 bits per heavy atom. The molecule has 0 fully saturated rings. The standard InChI is InChI=1S/2C17H14N2O2.2C14H15NO.2C13H12N2O2/c1-18(14-8-5-9-15(12-14)19(20)21)17-11-4-7-13-6-2-3-10-16(13)17;1-18(14-9-11-15(12-10-14)19(20)21)17-8-4-6-13-5-2-3-7-16(13)17;1-15(12-7-4-3-5-8-12)13-9-6-10-14(11-13)16-2;1-15(12-6-4-3-5-7-12)13-8-10-14(16-2)11-9-13;1-14(11-6-3-2-4-7-11)12-8-5-9-13(10-12)15(16)17;1-14(11-5-3-2-4-6-11)12-7-9-13(10-8-12)15(16)17/h2*2-12H,1H3;2*3-11H,1-2H3;2*2-10H,1H3. The molecular weight excluding hydrogens is 1360 g/mol. The van der Waals surface area contributed by atoms with Gasteiger partial charge in [0, 0.05) is 176 Å². The van der Waals surface area contributed by atoms with Gasteiger partial charge in [-0.1, -0.05) is 164 Å². The van der Waals surface area contributed by atoms with Crippen LogP contribution in [-0.4, -0.2) is 76.2 Å². The normalized spacial score (nSPS) is 10.1. The van der Waals surface area contributed by atoms with E-state index in [9.17, 15) is 40.5 Å². The molecule has 0 aliphatic heterocycles. The zero-order valence-corrected chi connectivity index (χ0v) is 61.0. The van der Waals surface area contributed by atoms with Crippen LogP contribution in [0.2, 0.25) is 0 Å². The monoisotopic (exact) mass is 1440 g/mol. The second-order valence-corrected chi connectivity index (χ2v) is 24.2. The number of hydrogen-bond acceptors (Lipinski definition) is 16. The Morgan fingerprint density at radius 2 is 0.472 bits per heavy atom. The van der Waals surface area contributed by atoms with Crippen molar-refractivity contribution in [1.29, 1.82) is 0 Å². The van der Waals surface area contributed by atoms with Gasteiger partial charge in [-0.15, -0.1) is 0 Å². The highest BCUT2D eigenvalue weighted by Gasteiger charge is 2.16. The molecule has 0 atom stereocenters. The second-order valence-electron chi connectivity index (χ2n) is 24.2. The van der Waals surface area contributed by atoms with Gasteiger partial charge >= 0.3 is 0 Å². The number of anilines is 12. The number of hydrogen-bond donors (Lipinski definition) is 0. The summed E-state index contributed by atoms with van der Waals surface area (Å²) in [6, 6.07) is 111. The molecule has 0 unspecified atom stereocenters. The second kappa shape index (κ2) is 38.8. The third kappa shape index (κ3) is 21.4. The lowest BCUT2D eigenvalue weighted by Crippen LogP contribution is -2.10. The van der Waals surface area contributed by atoms with Crippen molar-refractivity contribution in [2.24, 2.45) is 0 Å². The lowest BCUT2D eigenvalue weighted by atomic mass is 10.1. The number of ether oxygens (including phenoxy) is 2. The highest BCUT2D eigenvalue weighted by molar-refractivity contribution is 5.97. The van der Waals surface area contributed by atoms with E-state index in [1.807, 2.05) is 255 Å². The topological polar surface area (TPSA) is 210 Å². The summed E-state index contributed by atoms with van der Waals surface area (Å²) < 4.78 is 10.4. The molecule has 0 N–H and O–H groups in total. The predicted octanol–water partition coefficient (Wildman–Crippen LogP) is 22.7. The van der Waals surface area contributed by atoms with Crippen LogP contribution >= 0.6 is 0 Å². The number of fused-ring (bicyclic) bond motifs is 2. The van der Waals surface area contributed by atoms with Gasteiger partial charge in [0.15, 0.2) is 0 Å². The van der Waals surface area contributed by atoms with E-state index in [0.717, 1.165) is 90.2 Å². The highest BCUT2D eigenvalue weighted by atomic mass is 16.6. The Balaban J connectivity index is 0.000000150. The zero-order valence-electron chi connectivity index (χ0n) is 61.0. The Kier molecular flexibility index (Phi) is 27.9. The molecule has 0 spiro atoms. The van der Waals surface area contributed by atoms with Crippen molar-refractivity contribution in [3.8, 4) is 11.5 Å². The average molecular weight is 1440 g/mol. The van der Waals surface area contributed by atoms with Crippen LogP contribution in [0.3, 0.4) is 0 Å². The summed E-state index contributed by atoms with van der Waals surface area (Å²) in [6.45, 7) is 0. The summed E-state index contributed by atoms with van der Waals surface area (Å²) in [5.74, 6) is 1.76. The minimum atomic E-state index is -0.397. The van der Waals surface area contributed by atoms with E-state index in [2.05, 4.69) is 83.6 Å². The van der Waals surface area contributed by atoms with Crippen LogP contribution in [0.4, 0.5) is 91.0 Å². The Morgan fingerprint density at radius 1 is 0.222 bits per heavy atom. The number of rotatable bonds is 18. The number of benzene rings is 14. The first kappa shape index (κ1) is 77.8. The van der Waals surface area contributed by atoms with Crippen LogP contribution < -0.4 is 38.9 Å². The van der Waals surface area contributed by atoms with Gasteiger partial charge < -0.3 is 38.9 Å². The molecule has 0 bridgehead atoms. The van der Waals surface area contributed by atoms with Gasteiger partial charge in [-0.05, 0) is 144 Å². The molecule has 14 rings (SSSR count). The van der Waals surface area contributed by atoms with Crippen LogP contribution in [-0.2, 0) is 0 Å². The molecule has 14 aromatic rings. The number of nitro groups is 4. The first-order chi connectivity index (χ1) is 52.3. The molecule has 20 nitrogen and oxygen atoms in total. The maximum Gasteiger partial charge on any atom is 0.271 e. The smallest absolute Gasteiger partial charge is 0.271 e. The SMILES string of the molecule is CN(c1ccc([N+](=O)[O-])cc1)c1cccc2ccccc12.CN(c1cccc([N+](=O)[O-])c1)c1cccc2ccccc12.CN(c1ccccc1)c1ccc([N+](=O)[O-])cc1.CN(c1ccccc1)c1cccc([N+](=O)[O-])c1.COc1ccc(N(C)c2ccccc2)cc1.COc1cccc(N(C)c2ccccc2)c1. The fourth-order valence-electron chi connectivity index (χ4n) is 11.3. The van der Waals surface area contributed by atoms with Crippen molar-refractivity contribution >= 4 is 113 Å². The first-order valence-corrected chi connectivity index (χ1v) is 34.2. The van der Waals surface area contributed by atoms with Crippen LogP contribution in [0.25, 0.3) is 21.5 Å². The van der Waals surface area contributed by atoms with E-state index in [1.165, 1.54) is 47.5 Å². The largest absolute Gasteiger partial charge is 0.497 e. The maximum absolute atomic E-state index is 10.9. The number of non-ortho nitro benzene ring substituents is 4. The average Bonchev–Trinajstić information content (AvgIpc) is 0.810. The van der Waals surface area contributed by atoms with Gasteiger partial charge in [-0.3, -0.25) is 40.5 Å². The van der Waals surface area contributed by atoms with Crippen molar-refractivity contribution in [3.05, 3.63) is 392 Å². The third-order valence-electron chi connectivity index (χ3n) is 17.5. The Bertz CT molecular complexity index is 5200. The van der Waals surface area contributed by atoms with Gasteiger partial charge in [0.25, 0.3) is 22.7 Å². The molecule has 14 aromatic carbocycles. The van der Waals surface area contributed by atoms with Crippen LogP contribution in [0.1, 0.15) is 0 Å². The number of methoxy groups -OCH3 is 2. The molecule has 0 saturated heterocycles. The fraction of sp³-hybridized carbons (Fsp3) is 0.0909. The molecule has 0 aromatic heterocycles. The minimum Gasteiger partial charge on any atom is -0.497 e. The Labute approximate surface area is 628 Å². The van der Waals surface area contributed by atoms with Gasteiger partial charge in [0.1, 0.15) is 11.5 Å². The van der Waals surface area contributed by atoms with Gasteiger partial charge in [-0.25, -0.2) is 0 Å². The molecule has 0 aliphatic rings. The van der Waals surface area contributed by atoms with Crippen molar-refractivity contribution in [1.82, 2.24) is 0 Å². The van der Waals surface area contributed by atoms with Crippen molar-refractivity contribution < 1.29 is 29.2 Å². The summed E-state index contributed by atoms with van der Waals surface area (Å²) >= 11 is 0. The first-order valence-electron chi connectivity index (χ1n) is 34.2. The summed E-state index contributed by atoms with van der Waals surface area (Å²) in [6.07, 6.45) is 0. The molecule has 108 heavy (non-hydrogen) atoms.